The van der Waals surface area contributed by atoms with Crippen LogP contribution in [-0.4, -0.2) is 44.7 Å². The van der Waals surface area contributed by atoms with Gasteiger partial charge in [-0.15, -0.1) is 0 Å². The number of piperazine rings is 1. The van der Waals surface area contributed by atoms with Gasteiger partial charge in [0.25, 0.3) is 0 Å². The summed E-state index contributed by atoms with van der Waals surface area (Å²) in [4.78, 5) is 5.15. The third kappa shape index (κ3) is 4.48. The van der Waals surface area contributed by atoms with Gasteiger partial charge in [-0.25, -0.2) is 0 Å². The van der Waals surface area contributed by atoms with E-state index < -0.39 is 0 Å². The Morgan fingerprint density at radius 1 is 1.13 bits per heavy atom. The molecule has 1 fully saturated rings. The molecule has 1 aliphatic heterocycles. The molecule has 3 heteroatoms. The average Bonchev–Trinajstić information content (AvgIpc) is 2.63. The minimum Gasteiger partial charge on any atom is -0.369 e. The lowest BCUT2D eigenvalue weighted by Crippen LogP contribution is -2.46. The summed E-state index contributed by atoms with van der Waals surface area (Å²) < 4.78 is 0. The topological polar surface area (TPSA) is 18.5 Å². The van der Waals surface area contributed by atoms with Crippen molar-refractivity contribution in [2.24, 2.45) is 0 Å². The van der Waals surface area contributed by atoms with Crippen LogP contribution >= 0.6 is 0 Å². The van der Waals surface area contributed by atoms with Gasteiger partial charge in [-0.2, -0.15) is 0 Å². The molecule has 1 saturated heterocycles. The van der Waals surface area contributed by atoms with Gasteiger partial charge in [0, 0.05) is 37.9 Å². The van der Waals surface area contributed by atoms with Gasteiger partial charge in [0.1, 0.15) is 0 Å². The first-order chi connectivity index (χ1) is 11.3. The van der Waals surface area contributed by atoms with Gasteiger partial charge in [0.05, 0.1) is 0 Å². The highest BCUT2D eigenvalue weighted by Crippen LogP contribution is 2.32. The first-order valence-corrected chi connectivity index (χ1v) is 9.59. The number of nitrogens with zero attached hydrogens (tertiary/aromatic N) is 2. The summed E-state index contributed by atoms with van der Waals surface area (Å²) in [5.74, 6) is 0. The fraction of sp³-hybridized carbons (Fsp3) is 0.700. The van der Waals surface area contributed by atoms with Crippen LogP contribution in [0.2, 0.25) is 0 Å². The molecular formula is C20H35N3. The van der Waals surface area contributed by atoms with Crippen molar-refractivity contribution >= 4 is 5.69 Å². The number of anilines is 1. The molecule has 0 bridgehead atoms. The quantitative estimate of drug-likeness (QED) is 0.910. The van der Waals surface area contributed by atoms with Crippen LogP contribution in [0.4, 0.5) is 5.69 Å². The number of hydrogen-bond donors (Lipinski definition) is 1. The summed E-state index contributed by atoms with van der Waals surface area (Å²) in [6.07, 6.45) is 5.10. The van der Waals surface area contributed by atoms with Crippen LogP contribution in [0.5, 0.6) is 0 Å². The van der Waals surface area contributed by atoms with Gasteiger partial charge in [0.15, 0.2) is 0 Å². The summed E-state index contributed by atoms with van der Waals surface area (Å²) in [6.45, 7) is 12.3. The first-order valence-electron chi connectivity index (χ1n) is 9.59. The van der Waals surface area contributed by atoms with E-state index >= 15 is 0 Å². The standard InChI is InChI=1S/C18H29N3.C2H6/c1-3-9-20-10-12-21(13-11-20)16-8-7-15-5-4-6-18(19-2)17(15)14-16;1-2/h7-8,14,18-19H,3-6,9-13H2,1-2H3;1-2H3. The van der Waals surface area contributed by atoms with Crippen LogP contribution < -0.4 is 10.2 Å². The Hall–Kier alpha value is -1.06. The fourth-order valence-electron chi connectivity index (χ4n) is 3.83. The first kappa shape index (κ1) is 18.3. The number of nitrogens with one attached hydrogen (secondary N) is 1. The second-order valence-electron chi connectivity index (χ2n) is 6.45. The maximum Gasteiger partial charge on any atom is 0.0370 e. The van der Waals surface area contributed by atoms with E-state index in [2.05, 4.69) is 47.3 Å². The summed E-state index contributed by atoms with van der Waals surface area (Å²) in [6, 6.07) is 7.71. The third-order valence-corrected chi connectivity index (χ3v) is 5.07. The summed E-state index contributed by atoms with van der Waals surface area (Å²) in [5, 5.41) is 3.49. The second-order valence-corrected chi connectivity index (χ2v) is 6.45. The van der Waals surface area contributed by atoms with Crippen molar-refractivity contribution in [3.63, 3.8) is 0 Å². The smallest absolute Gasteiger partial charge is 0.0370 e. The van der Waals surface area contributed by atoms with Gasteiger partial charge >= 0.3 is 0 Å². The molecule has 0 aromatic heterocycles. The maximum absolute atomic E-state index is 3.49. The average molecular weight is 318 g/mol. The molecule has 1 unspecified atom stereocenters. The Kier molecular flexibility index (Phi) is 7.38. The third-order valence-electron chi connectivity index (χ3n) is 5.07. The molecule has 130 valence electrons. The van der Waals surface area contributed by atoms with Crippen molar-refractivity contribution in [2.75, 3.05) is 44.7 Å². The van der Waals surface area contributed by atoms with Crippen LogP contribution in [0.1, 0.15) is 57.2 Å². The van der Waals surface area contributed by atoms with Gasteiger partial charge in [-0.05, 0) is 62.5 Å². The van der Waals surface area contributed by atoms with E-state index in [9.17, 15) is 0 Å². The highest BCUT2D eigenvalue weighted by Gasteiger charge is 2.21. The molecule has 3 nitrogen and oxygen atoms in total. The van der Waals surface area contributed by atoms with Crippen molar-refractivity contribution in [3.05, 3.63) is 29.3 Å². The van der Waals surface area contributed by atoms with Crippen LogP contribution in [0.25, 0.3) is 0 Å². The fourth-order valence-corrected chi connectivity index (χ4v) is 3.83. The molecule has 2 aliphatic rings. The summed E-state index contributed by atoms with van der Waals surface area (Å²) >= 11 is 0. The number of hydrogen-bond acceptors (Lipinski definition) is 3. The summed E-state index contributed by atoms with van der Waals surface area (Å²) in [5.41, 5.74) is 4.51. The zero-order valence-corrected chi connectivity index (χ0v) is 15.6. The van der Waals surface area contributed by atoms with E-state index in [1.165, 1.54) is 69.7 Å². The van der Waals surface area contributed by atoms with Crippen LogP contribution in [-0.2, 0) is 6.42 Å². The minimum absolute atomic E-state index is 0.551. The largest absolute Gasteiger partial charge is 0.369 e. The van der Waals surface area contributed by atoms with Gasteiger partial charge in [-0.3, -0.25) is 4.90 Å². The van der Waals surface area contributed by atoms with Crippen molar-refractivity contribution in [1.29, 1.82) is 0 Å². The lowest BCUT2D eigenvalue weighted by Gasteiger charge is -2.37. The van der Waals surface area contributed by atoms with E-state index in [1.807, 2.05) is 13.8 Å². The molecule has 0 radical (unpaired) electrons. The highest BCUT2D eigenvalue weighted by molar-refractivity contribution is 5.53. The zero-order chi connectivity index (χ0) is 16.7. The van der Waals surface area contributed by atoms with Gasteiger partial charge < -0.3 is 10.2 Å². The Labute approximate surface area is 143 Å². The molecular weight excluding hydrogens is 282 g/mol. The molecule has 0 amide bonds. The minimum atomic E-state index is 0.551. The normalized spacial score (nSPS) is 21.4. The number of benzene rings is 1. The van der Waals surface area contributed by atoms with Crippen molar-refractivity contribution < 1.29 is 0 Å². The van der Waals surface area contributed by atoms with Crippen molar-refractivity contribution in [1.82, 2.24) is 10.2 Å². The van der Waals surface area contributed by atoms with Crippen molar-refractivity contribution in [2.45, 2.75) is 52.5 Å². The Bertz CT molecular complexity index is 464. The van der Waals surface area contributed by atoms with E-state index in [4.69, 9.17) is 0 Å². The zero-order valence-electron chi connectivity index (χ0n) is 15.6. The molecule has 0 saturated carbocycles. The monoisotopic (exact) mass is 317 g/mol. The molecule has 1 N–H and O–H groups in total. The van der Waals surface area contributed by atoms with Gasteiger partial charge in [0.2, 0.25) is 0 Å². The summed E-state index contributed by atoms with van der Waals surface area (Å²) in [7, 11) is 2.09. The molecule has 23 heavy (non-hydrogen) atoms. The molecule has 0 spiro atoms. The van der Waals surface area contributed by atoms with Crippen LogP contribution in [0.15, 0.2) is 18.2 Å². The molecule has 1 aliphatic carbocycles. The Balaban J connectivity index is 0.000000924. The Morgan fingerprint density at radius 3 is 2.52 bits per heavy atom. The predicted molar refractivity (Wildman–Crippen MR) is 101 cm³/mol. The lowest BCUT2D eigenvalue weighted by molar-refractivity contribution is 0.258. The van der Waals surface area contributed by atoms with E-state index in [0.29, 0.717) is 6.04 Å². The lowest BCUT2D eigenvalue weighted by atomic mass is 9.87. The van der Waals surface area contributed by atoms with E-state index in [-0.39, 0.29) is 0 Å². The second kappa shape index (κ2) is 9.29. The van der Waals surface area contributed by atoms with E-state index in [1.54, 1.807) is 5.56 Å². The van der Waals surface area contributed by atoms with Crippen LogP contribution in [0.3, 0.4) is 0 Å². The number of fused-ring (bicyclic) bond motifs is 1. The molecule has 1 aromatic carbocycles. The molecule has 1 atom stereocenters. The van der Waals surface area contributed by atoms with Crippen LogP contribution in [0, 0.1) is 0 Å². The number of aryl methyl sites for hydroxylation is 1. The SMILES string of the molecule is CC.CCCN1CCN(c2ccc3c(c2)C(NC)CCC3)CC1. The highest BCUT2D eigenvalue weighted by atomic mass is 15.3. The predicted octanol–water partition coefficient (Wildman–Crippen LogP) is 3.84. The molecule has 1 aromatic rings. The molecule has 1 heterocycles. The Morgan fingerprint density at radius 2 is 1.87 bits per heavy atom. The molecule has 3 rings (SSSR count). The number of rotatable bonds is 4. The maximum atomic E-state index is 3.49. The van der Waals surface area contributed by atoms with Crippen molar-refractivity contribution in [3.8, 4) is 0 Å². The van der Waals surface area contributed by atoms with E-state index in [0.717, 1.165) is 0 Å². The van der Waals surface area contributed by atoms with Gasteiger partial charge in [-0.1, -0.05) is 26.8 Å².